The number of nitrogens with zero attached hydrogens (tertiary/aromatic N) is 2. The number of hydrogen-bond donors (Lipinski definition) is 2. The summed E-state index contributed by atoms with van der Waals surface area (Å²) in [6.45, 7) is 13.1. The lowest BCUT2D eigenvalue weighted by molar-refractivity contribution is 0.288. The second-order valence-electron chi connectivity index (χ2n) is 7.04. The summed E-state index contributed by atoms with van der Waals surface area (Å²) in [6.07, 6.45) is 1.23. The summed E-state index contributed by atoms with van der Waals surface area (Å²) in [6, 6.07) is 6.34. The van der Waals surface area contributed by atoms with Crippen molar-refractivity contribution in [1.29, 1.82) is 0 Å². The molecule has 1 unspecified atom stereocenters. The van der Waals surface area contributed by atoms with Crippen LogP contribution < -0.4 is 11.1 Å². The Balaban J connectivity index is 1.83. The maximum Gasteiger partial charge on any atom is 0.193 e. The van der Waals surface area contributed by atoms with Gasteiger partial charge in [0.2, 0.25) is 0 Å². The number of benzene rings is 1. The third kappa shape index (κ3) is 5.34. The minimum absolute atomic E-state index is 0.521. The van der Waals surface area contributed by atoms with Gasteiger partial charge >= 0.3 is 0 Å². The van der Waals surface area contributed by atoms with Crippen molar-refractivity contribution in [1.82, 2.24) is 4.90 Å². The summed E-state index contributed by atoms with van der Waals surface area (Å²) >= 11 is 0. The molecule has 1 aliphatic rings. The third-order valence-electron chi connectivity index (χ3n) is 4.01. The predicted molar refractivity (Wildman–Crippen MR) is 95.4 cm³/mol. The molecule has 0 spiro atoms. The van der Waals surface area contributed by atoms with Crippen molar-refractivity contribution in [2.45, 2.75) is 34.1 Å². The molecule has 0 amide bonds. The second kappa shape index (κ2) is 7.63. The minimum atomic E-state index is 0.521. The molecular weight excluding hydrogens is 272 g/mol. The number of likely N-dealkylation sites (tertiary alicyclic amines) is 1. The fourth-order valence-corrected chi connectivity index (χ4v) is 3.21. The van der Waals surface area contributed by atoms with Gasteiger partial charge in [0.15, 0.2) is 5.96 Å². The van der Waals surface area contributed by atoms with Crippen LogP contribution in [0.2, 0.25) is 0 Å². The van der Waals surface area contributed by atoms with E-state index >= 15 is 0 Å². The molecule has 2 rings (SSSR count). The van der Waals surface area contributed by atoms with E-state index in [1.807, 2.05) is 0 Å². The van der Waals surface area contributed by atoms with Crippen LogP contribution in [0.4, 0.5) is 5.69 Å². The molecule has 22 heavy (non-hydrogen) atoms. The van der Waals surface area contributed by atoms with Gasteiger partial charge in [0, 0.05) is 25.3 Å². The fourth-order valence-electron chi connectivity index (χ4n) is 3.21. The van der Waals surface area contributed by atoms with E-state index < -0.39 is 0 Å². The van der Waals surface area contributed by atoms with Crippen LogP contribution >= 0.6 is 0 Å². The van der Waals surface area contributed by atoms with E-state index in [1.165, 1.54) is 30.6 Å². The van der Waals surface area contributed by atoms with Gasteiger partial charge in [-0.1, -0.05) is 19.9 Å². The van der Waals surface area contributed by atoms with Crippen LogP contribution in [-0.2, 0) is 0 Å². The van der Waals surface area contributed by atoms with E-state index in [9.17, 15) is 0 Å². The molecule has 122 valence electrons. The normalized spacial score (nSPS) is 19.9. The first-order chi connectivity index (χ1) is 10.4. The largest absolute Gasteiger partial charge is 0.370 e. The van der Waals surface area contributed by atoms with E-state index in [2.05, 4.69) is 61.1 Å². The number of hydrogen-bond acceptors (Lipinski definition) is 2. The fraction of sp³-hybridized carbons (Fsp3) is 0.611. The molecule has 0 aliphatic carbocycles. The van der Waals surface area contributed by atoms with Gasteiger partial charge in [-0.25, -0.2) is 0 Å². The molecule has 1 heterocycles. The summed E-state index contributed by atoms with van der Waals surface area (Å²) in [5, 5.41) is 3.21. The molecule has 0 bridgehead atoms. The van der Waals surface area contributed by atoms with Gasteiger partial charge in [-0.15, -0.1) is 0 Å². The highest BCUT2D eigenvalue weighted by Crippen LogP contribution is 2.18. The van der Waals surface area contributed by atoms with Gasteiger partial charge in [0.25, 0.3) is 0 Å². The second-order valence-corrected chi connectivity index (χ2v) is 7.04. The monoisotopic (exact) mass is 302 g/mol. The number of aliphatic imine (C=N–C) groups is 1. The molecule has 0 aromatic heterocycles. The van der Waals surface area contributed by atoms with Crippen molar-refractivity contribution < 1.29 is 0 Å². The molecule has 4 nitrogen and oxygen atoms in total. The molecule has 0 saturated carbocycles. The molecule has 1 aliphatic heterocycles. The van der Waals surface area contributed by atoms with Crippen molar-refractivity contribution in [3.63, 3.8) is 0 Å². The van der Waals surface area contributed by atoms with Gasteiger partial charge in [-0.2, -0.15) is 0 Å². The lowest BCUT2D eigenvalue weighted by atomic mass is 10.1. The highest BCUT2D eigenvalue weighted by molar-refractivity contribution is 5.92. The van der Waals surface area contributed by atoms with Gasteiger partial charge < -0.3 is 16.0 Å². The molecule has 1 aromatic rings. The van der Waals surface area contributed by atoms with Crippen LogP contribution in [0.1, 0.15) is 31.4 Å². The Morgan fingerprint density at radius 3 is 2.64 bits per heavy atom. The number of guanidine groups is 1. The zero-order valence-electron chi connectivity index (χ0n) is 14.4. The Bertz CT molecular complexity index is 502. The molecule has 1 fully saturated rings. The lowest BCUT2D eigenvalue weighted by Crippen LogP contribution is -2.27. The van der Waals surface area contributed by atoms with Crippen molar-refractivity contribution in [2.24, 2.45) is 22.6 Å². The molecule has 1 aromatic carbocycles. The van der Waals surface area contributed by atoms with Crippen LogP contribution in [0.3, 0.4) is 0 Å². The Morgan fingerprint density at radius 1 is 1.32 bits per heavy atom. The van der Waals surface area contributed by atoms with Crippen LogP contribution in [0, 0.1) is 25.7 Å². The van der Waals surface area contributed by atoms with Gasteiger partial charge in [0.05, 0.1) is 0 Å². The summed E-state index contributed by atoms with van der Waals surface area (Å²) in [4.78, 5) is 7.07. The molecule has 0 radical (unpaired) electrons. The highest BCUT2D eigenvalue weighted by Gasteiger charge is 2.22. The molecule has 1 atom stereocenters. The third-order valence-corrected chi connectivity index (χ3v) is 4.01. The number of rotatable bonds is 5. The molecule has 1 saturated heterocycles. The predicted octanol–water partition coefficient (Wildman–Crippen LogP) is 3.01. The topological polar surface area (TPSA) is 53.6 Å². The number of nitrogens with two attached hydrogens (primary N) is 1. The minimum Gasteiger partial charge on any atom is -0.370 e. The van der Waals surface area contributed by atoms with E-state index in [0.717, 1.165) is 24.7 Å². The number of nitrogens with one attached hydrogen (secondary N) is 1. The maximum absolute atomic E-state index is 6.02. The quantitative estimate of drug-likeness (QED) is 0.649. The first-order valence-electron chi connectivity index (χ1n) is 8.30. The lowest BCUT2D eigenvalue weighted by Gasteiger charge is -2.17. The Morgan fingerprint density at radius 2 is 2.00 bits per heavy atom. The van der Waals surface area contributed by atoms with Crippen molar-refractivity contribution in [3.8, 4) is 0 Å². The van der Waals surface area contributed by atoms with Crippen LogP contribution in [0.15, 0.2) is 23.2 Å². The Labute approximate surface area is 134 Å². The Hall–Kier alpha value is -1.55. The summed E-state index contributed by atoms with van der Waals surface area (Å²) in [7, 11) is 0. The average molecular weight is 302 g/mol. The van der Waals surface area contributed by atoms with E-state index in [0.29, 0.717) is 11.9 Å². The van der Waals surface area contributed by atoms with E-state index in [1.54, 1.807) is 0 Å². The average Bonchev–Trinajstić information content (AvgIpc) is 2.82. The maximum atomic E-state index is 6.02. The first kappa shape index (κ1) is 16.8. The zero-order chi connectivity index (χ0) is 16.1. The van der Waals surface area contributed by atoms with Crippen LogP contribution in [0.5, 0.6) is 0 Å². The molecule has 4 heteroatoms. The van der Waals surface area contributed by atoms with Gasteiger partial charge in [0.1, 0.15) is 0 Å². The van der Waals surface area contributed by atoms with E-state index in [4.69, 9.17) is 5.73 Å². The standard InChI is InChI=1S/C18H30N4/c1-13(2)11-22-6-5-16(12-22)10-20-18(19)21-17-8-14(3)7-15(4)9-17/h7-9,13,16H,5-6,10-12H2,1-4H3,(H3,19,20,21). The van der Waals surface area contributed by atoms with Gasteiger partial charge in [-0.05, 0) is 61.9 Å². The van der Waals surface area contributed by atoms with Gasteiger partial charge in [-0.3, -0.25) is 4.99 Å². The molecule has 3 N–H and O–H groups in total. The number of aryl methyl sites for hydroxylation is 2. The smallest absolute Gasteiger partial charge is 0.193 e. The van der Waals surface area contributed by atoms with Crippen molar-refractivity contribution in [3.05, 3.63) is 29.3 Å². The van der Waals surface area contributed by atoms with Crippen LogP contribution in [-0.4, -0.2) is 37.0 Å². The summed E-state index contributed by atoms with van der Waals surface area (Å²) in [5.74, 6) is 1.89. The number of anilines is 1. The zero-order valence-corrected chi connectivity index (χ0v) is 14.4. The summed E-state index contributed by atoms with van der Waals surface area (Å²) in [5.41, 5.74) is 9.51. The van der Waals surface area contributed by atoms with E-state index in [-0.39, 0.29) is 0 Å². The Kier molecular flexibility index (Phi) is 5.83. The summed E-state index contributed by atoms with van der Waals surface area (Å²) < 4.78 is 0. The SMILES string of the molecule is Cc1cc(C)cc(NC(N)=NCC2CCN(CC(C)C)C2)c1. The first-order valence-corrected chi connectivity index (χ1v) is 8.30. The highest BCUT2D eigenvalue weighted by atomic mass is 15.2. The molecular formula is C18H30N4. The van der Waals surface area contributed by atoms with Crippen molar-refractivity contribution >= 4 is 11.6 Å². The van der Waals surface area contributed by atoms with Crippen LogP contribution in [0.25, 0.3) is 0 Å². The van der Waals surface area contributed by atoms with Crippen molar-refractivity contribution in [2.75, 3.05) is 31.5 Å².